The zero-order valence-electron chi connectivity index (χ0n) is 62.5. The fraction of sp³-hybridized carbons (Fsp3) is 0.129. The van der Waals surface area contributed by atoms with Gasteiger partial charge in [-0.05, 0) is 256 Å². The lowest BCUT2D eigenvalue weighted by atomic mass is 9.78. The number of hydrogen-bond acceptors (Lipinski definition) is 15. The maximum atomic E-state index is 13.5. The van der Waals surface area contributed by atoms with Gasteiger partial charge >= 0.3 is 11.9 Å². The Morgan fingerprint density at radius 1 is 0.270 bits per heavy atom. The Morgan fingerprint density at radius 3 is 0.568 bits per heavy atom. The van der Waals surface area contributed by atoms with Crippen LogP contribution < -0.4 is 28.4 Å². The first-order valence-electron chi connectivity index (χ1n) is 35.1. The van der Waals surface area contributed by atoms with Crippen LogP contribution >= 0.6 is 11.6 Å². The number of benzene rings is 12. The molecule has 0 aliphatic heterocycles. The van der Waals surface area contributed by atoms with Crippen molar-refractivity contribution in [3.05, 3.63) is 374 Å². The number of phenols is 2. The van der Waals surface area contributed by atoms with E-state index in [0.717, 1.165) is 62.7 Å². The minimum Gasteiger partial charge on any atom is -0.508 e. The summed E-state index contributed by atoms with van der Waals surface area (Å²) >= 11 is 4.71. The standard InChI is InChI=1S/C48H42O8S.C42H38O6S.C3H3ClO/c1-7-45(49)55-41-21-13-35(14-22-41)47(3,4)33-9-17-37(18-10-33)53-39-25-29-43(30-26-39)57(51,52)44-31-27-40(28-32-44)54-38-19-11-34(12-20-38)48(5,6)36-15-23-42(24-16-36)56-46(50)8-2;1-41(2,29-5-13-33(43)14-6-29)31-9-17-35(18-10-31)47-37-21-25-39(26-22-37)49(45,46)40-27-23-38(24-28-40)48-36-19-11-32(12-20-36)42(3,4)30-7-15-34(44)16-8-30;1-2-3(4)5/h7-32H,1-2H2,3-6H3;5-28,43-44H,1-4H3;2H,1H2. The fourth-order valence-corrected chi connectivity index (χ4v) is 14.5. The number of allylic oxidation sites excluding steroid dienone is 1. The molecule has 2 N–H and O–H groups in total. The first kappa shape index (κ1) is 81.0. The second-order valence-electron chi connectivity index (χ2n) is 27.8. The van der Waals surface area contributed by atoms with Crippen LogP contribution in [0, 0.1) is 0 Å². The Kier molecular flexibility index (Phi) is 25.4. The normalized spacial score (nSPS) is 11.5. The predicted octanol–water partition coefficient (Wildman–Crippen LogP) is 22.0. The van der Waals surface area contributed by atoms with Crippen LogP contribution in [0.2, 0.25) is 0 Å². The van der Waals surface area contributed by atoms with E-state index in [1.165, 1.54) is 24.3 Å². The van der Waals surface area contributed by atoms with E-state index in [2.05, 4.69) is 75.1 Å². The molecule has 0 fully saturated rings. The molecule has 111 heavy (non-hydrogen) atoms. The predicted molar refractivity (Wildman–Crippen MR) is 433 cm³/mol. The molecule has 0 aliphatic rings. The average Bonchev–Trinajstić information content (AvgIpc) is 0.819. The van der Waals surface area contributed by atoms with Crippen LogP contribution in [-0.4, -0.2) is 44.2 Å². The van der Waals surface area contributed by atoms with Crippen molar-refractivity contribution >= 4 is 48.5 Å². The van der Waals surface area contributed by atoms with Gasteiger partial charge in [-0.1, -0.05) is 172 Å². The van der Waals surface area contributed by atoms with E-state index < -0.39 is 36.9 Å². The maximum Gasteiger partial charge on any atom is 0.335 e. The molecule has 12 aromatic rings. The number of sulfone groups is 2. The molecule has 15 nitrogen and oxygen atoms in total. The summed E-state index contributed by atoms with van der Waals surface area (Å²) in [7, 11) is -7.57. The summed E-state index contributed by atoms with van der Waals surface area (Å²) in [5.41, 5.74) is 7.29. The molecule has 0 aromatic heterocycles. The van der Waals surface area contributed by atoms with E-state index >= 15 is 0 Å². The van der Waals surface area contributed by atoms with Crippen LogP contribution in [0.15, 0.2) is 349 Å². The lowest BCUT2D eigenvalue weighted by molar-refractivity contribution is -0.129. The number of aromatic hydroxyl groups is 2. The largest absolute Gasteiger partial charge is 0.508 e. The Hall–Kier alpha value is -12.5. The highest BCUT2D eigenvalue weighted by atomic mass is 35.5. The van der Waals surface area contributed by atoms with E-state index in [4.69, 9.17) is 40.0 Å². The van der Waals surface area contributed by atoms with Crippen LogP contribution in [0.1, 0.15) is 99.9 Å². The molecule has 0 saturated carbocycles. The van der Waals surface area contributed by atoms with Gasteiger partial charge in [0.2, 0.25) is 24.9 Å². The van der Waals surface area contributed by atoms with Crippen molar-refractivity contribution in [2.75, 3.05) is 0 Å². The van der Waals surface area contributed by atoms with Gasteiger partial charge in [-0.25, -0.2) is 26.4 Å². The lowest BCUT2D eigenvalue weighted by Crippen LogP contribution is -2.18. The van der Waals surface area contributed by atoms with Crippen molar-refractivity contribution in [3.63, 3.8) is 0 Å². The number of halogens is 1. The van der Waals surface area contributed by atoms with Crippen molar-refractivity contribution < 1.29 is 69.9 Å². The number of hydrogen-bond donors (Lipinski definition) is 2. The molecular weight excluding hydrogens is 1460 g/mol. The first-order chi connectivity index (χ1) is 52.8. The Bertz CT molecular complexity index is 5150. The van der Waals surface area contributed by atoms with Crippen LogP contribution in [0.25, 0.3) is 0 Å². The number of carbonyl (C=O) groups is 3. The molecular formula is C93H83ClO15S2. The molecule has 0 heterocycles. The van der Waals surface area contributed by atoms with Crippen LogP contribution in [-0.2, 0) is 55.7 Å². The van der Waals surface area contributed by atoms with Gasteiger partial charge in [-0.3, -0.25) is 4.79 Å². The number of phenolic OH excluding ortho intramolecular Hbond substituents is 2. The van der Waals surface area contributed by atoms with E-state index in [0.29, 0.717) is 57.5 Å². The van der Waals surface area contributed by atoms with Crippen LogP contribution in [0.5, 0.6) is 69.0 Å². The number of ether oxygens (including phenoxy) is 6. The summed E-state index contributed by atoms with van der Waals surface area (Å²) < 4.78 is 88.3. The van der Waals surface area contributed by atoms with Gasteiger partial charge < -0.3 is 38.6 Å². The highest BCUT2D eigenvalue weighted by Gasteiger charge is 2.28. The van der Waals surface area contributed by atoms with Gasteiger partial charge in [0.1, 0.15) is 69.0 Å². The molecule has 0 aliphatic carbocycles. The van der Waals surface area contributed by atoms with Crippen LogP contribution in [0.3, 0.4) is 0 Å². The highest BCUT2D eigenvalue weighted by Crippen LogP contribution is 2.40. The SMILES string of the molecule is C=CC(=O)Cl.C=CC(=O)Oc1ccc(C(C)(C)c2ccc(Oc3ccc(S(=O)(=O)c4ccc(Oc5ccc(C(C)(C)c6ccc(OC(=O)C=C)cc6)cc5)cc4)cc3)cc2)cc1.CC(C)(c1ccc(O)cc1)c1ccc(Oc2ccc(S(=O)(=O)c3ccc(Oc4ccc(C(C)(C)c5ccc(O)cc5)cc4)cc3)cc2)cc1. The van der Waals surface area contributed by atoms with E-state index in [1.807, 2.05) is 146 Å². The fourth-order valence-electron chi connectivity index (χ4n) is 11.9. The summed E-state index contributed by atoms with van der Waals surface area (Å²) in [6.07, 6.45) is 3.29. The van der Waals surface area contributed by atoms with Gasteiger partial charge in [0.25, 0.3) is 0 Å². The molecule has 0 unspecified atom stereocenters. The summed E-state index contributed by atoms with van der Waals surface area (Å²) in [4.78, 5) is 33.1. The third-order valence-corrected chi connectivity index (χ3v) is 22.8. The third kappa shape index (κ3) is 20.2. The summed E-state index contributed by atoms with van der Waals surface area (Å²) in [5.74, 6) is 4.83. The van der Waals surface area contributed by atoms with Crippen molar-refractivity contribution in [3.8, 4) is 69.0 Å². The number of esters is 2. The van der Waals surface area contributed by atoms with Gasteiger partial charge in [0.05, 0.1) is 19.6 Å². The Morgan fingerprint density at radius 2 is 0.414 bits per heavy atom. The number of rotatable bonds is 25. The van der Waals surface area contributed by atoms with Gasteiger partial charge in [0, 0.05) is 33.8 Å². The monoisotopic (exact) mass is 1540 g/mol. The molecule has 564 valence electrons. The van der Waals surface area contributed by atoms with Gasteiger partial charge in [0.15, 0.2) is 0 Å². The average molecular weight is 1540 g/mol. The highest BCUT2D eigenvalue weighted by molar-refractivity contribution is 7.91. The van der Waals surface area contributed by atoms with Crippen molar-refractivity contribution in [2.45, 2.75) is 96.6 Å². The number of carbonyl (C=O) groups excluding carboxylic acids is 3. The zero-order chi connectivity index (χ0) is 79.9. The van der Waals surface area contributed by atoms with Gasteiger partial charge in [-0.2, -0.15) is 0 Å². The topological polar surface area (TPSA) is 215 Å². The lowest BCUT2D eigenvalue weighted by Gasteiger charge is -2.26. The third-order valence-electron chi connectivity index (χ3n) is 19.0. The van der Waals surface area contributed by atoms with Gasteiger partial charge in [-0.15, -0.1) is 0 Å². The smallest absolute Gasteiger partial charge is 0.335 e. The summed E-state index contributed by atoms with van der Waals surface area (Å²) in [5, 5.41) is 18.8. The minimum atomic E-state index is -3.80. The quantitative estimate of drug-likeness (QED) is 0.0235. The van der Waals surface area contributed by atoms with Crippen LogP contribution in [0.4, 0.5) is 0 Å². The molecule has 0 bridgehead atoms. The molecule has 0 radical (unpaired) electrons. The van der Waals surface area contributed by atoms with E-state index in [-0.39, 0.29) is 52.7 Å². The summed E-state index contributed by atoms with van der Waals surface area (Å²) in [6.45, 7) is 26.8. The zero-order valence-corrected chi connectivity index (χ0v) is 64.9. The Balaban J connectivity index is 0.000000224. The van der Waals surface area contributed by atoms with E-state index in [1.54, 1.807) is 121 Å². The molecule has 0 amide bonds. The minimum absolute atomic E-state index is 0.136. The molecule has 12 rings (SSSR count). The molecule has 0 saturated heterocycles. The molecule has 12 aromatic carbocycles. The Labute approximate surface area is 653 Å². The van der Waals surface area contributed by atoms with Crippen molar-refractivity contribution in [1.29, 1.82) is 0 Å². The molecule has 0 atom stereocenters. The van der Waals surface area contributed by atoms with Crippen molar-refractivity contribution in [1.82, 2.24) is 0 Å². The second kappa shape index (κ2) is 34.8. The van der Waals surface area contributed by atoms with Crippen molar-refractivity contribution in [2.24, 2.45) is 0 Å². The van der Waals surface area contributed by atoms with E-state index in [9.17, 15) is 41.4 Å². The summed E-state index contributed by atoms with van der Waals surface area (Å²) in [6, 6.07) is 85.5. The molecule has 18 heteroatoms. The second-order valence-corrected chi connectivity index (χ2v) is 32.1. The maximum absolute atomic E-state index is 13.5. The molecule has 0 spiro atoms. The first-order valence-corrected chi connectivity index (χ1v) is 38.5.